The maximum absolute atomic E-state index is 13.9. The molecule has 0 aromatic heterocycles. The Bertz CT molecular complexity index is 763. The number of para-hydroxylation sites is 1. The number of anilines is 1. The van der Waals surface area contributed by atoms with Gasteiger partial charge in [0.05, 0.1) is 11.6 Å². The molecule has 2 aromatic rings. The van der Waals surface area contributed by atoms with Crippen molar-refractivity contribution in [1.29, 1.82) is 0 Å². The van der Waals surface area contributed by atoms with Gasteiger partial charge in [0.2, 0.25) is 11.8 Å². The second kappa shape index (κ2) is 7.47. The summed E-state index contributed by atoms with van der Waals surface area (Å²) in [4.78, 5) is 25.9. The predicted molar refractivity (Wildman–Crippen MR) is 94.7 cm³/mol. The summed E-state index contributed by atoms with van der Waals surface area (Å²) >= 11 is 0. The molecule has 0 bridgehead atoms. The van der Waals surface area contributed by atoms with E-state index in [-0.39, 0.29) is 36.4 Å². The fourth-order valence-electron chi connectivity index (χ4n) is 3.08. The second-order valence-corrected chi connectivity index (χ2v) is 6.41. The summed E-state index contributed by atoms with van der Waals surface area (Å²) in [6.45, 7) is 2.76. The van der Waals surface area contributed by atoms with Gasteiger partial charge in [-0.05, 0) is 23.6 Å². The summed E-state index contributed by atoms with van der Waals surface area (Å²) in [6.07, 6.45) is 0.111. The van der Waals surface area contributed by atoms with Crippen LogP contribution in [-0.2, 0) is 9.59 Å². The van der Waals surface area contributed by atoms with Gasteiger partial charge in [0.1, 0.15) is 5.82 Å². The Morgan fingerprint density at radius 2 is 1.88 bits per heavy atom. The second-order valence-electron chi connectivity index (χ2n) is 6.41. The van der Waals surface area contributed by atoms with Crippen molar-refractivity contribution in [3.05, 3.63) is 66.0 Å². The highest BCUT2D eigenvalue weighted by Crippen LogP contribution is 2.27. The maximum Gasteiger partial charge on any atom is 0.227 e. The molecule has 0 radical (unpaired) electrons. The molecular formula is C20H21FN2O2. The van der Waals surface area contributed by atoms with Gasteiger partial charge in [-0.2, -0.15) is 0 Å². The molecule has 0 unspecified atom stereocenters. The molecule has 2 atom stereocenters. The summed E-state index contributed by atoms with van der Waals surface area (Å²) in [6, 6.07) is 16.1. The Kier molecular flexibility index (Phi) is 5.12. The number of benzene rings is 2. The number of hydrogen-bond donors (Lipinski definition) is 1. The standard InChI is InChI=1S/C20H21FN2O2/c1-14(15-7-3-2-4-8-15)12-22-20(25)16-11-19(24)23(13-16)18-10-6-5-9-17(18)21/h2-10,14,16H,11-13H2,1H3,(H,22,25)/t14-,16-/m0/s1. The number of nitrogens with zero attached hydrogens (tertiary/aromatic N) is 1. The van der Waals surface area contributed by atoms with Crippen LogP contribution in [-0.4, -0.2) is 24.9 Å². The summed E-state index contributed by atoms with van der Waals surface area (Å²) in [5, 5.41) is 2.92. The Morgan fingerprint density at radius 1 is 1.20 bits per heavy atom. The van der Waals surface area contributed by atoms with E-state index in [2.05, 4.69) is 5.32 Å². The third kappa shape index (κ3) is 3.87. The molecule has 1 aliphatic rings. The first kappa shape index (κ1) is 17.1. The van der Waals surface area contributed by atoms with E-state index in [1.165, 1.54) is 11.0 Å². The number of hydrogen-bond acceptors (Lipinski definition) is 2. The Hall–Kier alpha value is -2.69. The largest absolute Gasteiger partial charge is 0.355 e. The molecule has 0 spiro atoms. The lowest BCUT2D eigenvalue weighted by Crippen LogP contribution is -2.35. The van der Waals surface area contributed by atoms with Crippen LogP contribution in [0.1, 0.15) is 24.8 Å². The number of rotatable bonds is 5. The van der Waals surface area contributed by atoms with Crippen LogP contribution in [0.2, 0.25) is 0 Å². The molecule has 2 aromatic carbocycles. The highest BCUT2D eigenvalue weighted by Gasteiger charge is 2.36. The van der Waals surface area contributed by atoms with Crippen LogP contribution >= 0.6 is 0 Å². The van der Waals surface area contributed by atoms with Crippen molar-refractivity contribution >= 4 is 17.5 Å². The Labute approximate surface area is 146 Å². The van der Waals surface area contributed by atoms with Crippen LogP contribution in [0.25, 0.3) is 0 Å². The first-order chi connectivity index (χ1) is 12.1. The van der Waals surface area contributed by atoms with Gasteiger partial charge in [-0.25, -0.2) is 4.39 Å². The van der Waals surface area contributed by atoms with E-state index in [4.69, 9.17) is 0 Å². The lowest BCUT2D eigenvalue weighted by atomic mass is 10.0. The first-order valence-corrected chi connectivity index (χ1v) is 8.44. The fraction of sp³-hybridized carbons (Fsp3) is 0.300. The zero-order valence-electron chi connectivity index (χ0n) is 14.1. The van der Waals surface area contributed by atoms with Crippen LogP contribution in [0, 0.1) is 11.7 Å². The van der Waals surface area contributed by atoms with Crippen LogP contribution in [0.4, 0.5) is 10.1 Å². The van der Waals surface area contributed by atoms with Crippen molar-refractivity contribution in [3.8, 4) is 0 Å². The van der Waals surface area contributed by atoms with Crippen LogP contribution in [0.3, 0.4) is 0 Å². The van der Waals surface area contributed by atoms with Gasteiger partial charge in [0.15, 0.2) is 0 Å². The molecule has 130 valence electrons. The van der Waals surface area contributed by atoms with Gasteiger partial charge in [-0.15, -0.1) is 0 Å². The highest BCUT2D eigenvalue weighted by atomic mass is 19.1. The molecule has 2 amide bonds. The molecule has 0 aliphatic carbocycles. The molecule has 5 heteroatoms. The summed E-state index contributed by atoms with van der Waals surface area (Å²) in [7, 11) is 0. The normalized spacial score (nSPS) is 18.2. The van der Waals surface area contributed by atoms with Gasteiger partial charge < -0.3 is 10.2 Å². The lowest BCUT2D eigenvalue weighted by Gasteiger charge is -2.18. The predicted octanol–water partition coefficient (Wildman–Crippen LogP) is 3.10. The number of nitrogens with one attached hydrogen (secondary N) is 1. The van der Waals surface area contributed by atoms with Crippen molar-refractivity contribution < 1.29 is 14.0 Å². The molecule has 1 saturated heterocycles. The van der Waals surface area contributed by atoms with Crippen molar-refractivity contribution in [1.82, 2.24) is 5.32 Å². The number of halogens is 1. The summed E-state index contributed by atoms with van der Waals surface area (Å²) in [5.74, 6) is -1.09. The molecule has 1 aliphatic heterocycles. The van der Waals surface area contributed by atoms with E-state index >= 15 is 0 Å². The topological polar surface area (TPSA) is 49.4 Å². The van der Waals surface area contributed by atoms with Gasteiger partial charge in [0.25, 0.3) is 0 Å². The zero-order valence-corrected chi connectivity index (χ0v) is 14.1. The third-order valence-corrected chi connectivity index (χ3v) is 4.59. The lowest BCUT2D eigenvalue weighted by molar-refractivity contribution is -0.126. The number of carbonyl (C=O) groups is 2. The molecule has 1 fully saturated rings. The van der Waals surface area contributed by atoms with Gasteiger partial charge >= 0.3 is 0 Å². The average molecular weight is 340 g/mol. The monoisotopic (exact) mass is 340 g/mol. The van der Waals surface area contributed by atoms with E-state index < -0.39 is 11.7 Å². The van der Waals surface area contributed by atoms with Gasteiger partial charge in [0, 0.05) is 19.5 Å². The first-order valence-electron chi connectivity index (χ1n) is 8.44. The van der Waals surface area contributed by atoms with Crippen molar-refractivity contribution in [2.75, 3.05) is 18.0 Å². The van der Waals surface area contributed by atoms with Crippen LogP contribution < -0.4 is 10.2 Å². The fourth-order valence-corrected chi connectivity index (χ4v) is 3.08. The van der Waals surface area contributed by atoms with E-state index in [1.807, 2.05) is 37.3 Å². The van der Waals surface area contributed by atoms with Crippen LogP contribution in [0.15, 0.2) is 54.6 Å². The van der Waals surface area contributed by atoms with Crippen molar-refractivity contribution in [2.24, 2.45) is 5.92 Å². The minimum absolute atomic E-state index is 0.111. The highest BCUT2D eigenvalue weighted by molar-refractivity contribution is 6.00. The molecule has 1 heterocycles. The molecule has 0 saturated carbocycles. The molecule has 1 N–H and O–H groups in total. The minimum Gasteiger partial charge on any atom is -0.355 e. The molecule has 4 nitrogen and oxygen atoms in total. The average Bonchev–Trinajstić information content (AvgIpc) is 3.02. The molecular weight excluding hydrogens is 319 g/mol. The Balaban J connectivity index is 1.59. The third-order valence-electron chi connectivity index (χ3n) is 4.59. The minimum atomic E-state index is -0.449. The quantitative estimate of drug-likeness (QED) is 0.909. The van der Waals surface area contributed by atoms with E-state index in [0.717, 1.165) is 5.56 Å². The van der Waals surface area contributed by atoms with E-state index in [9.17, 15) is 14.0 Å². The Morgan fingerprint density at radius 3 is 2.60 bits per heavy atom. The zero-order chi connectivity index (χ0) is 17.8. The van der Waals surface area contributed by atoms with E-state index in [1.54, 1.807) is 18.2 Å². The molecule has 3 rings (SSSR count). The summed E-state index contributed by atoms with van der Waals surface area (Å²) < 4.78 is 13.9. The molecule has 25 heavy (non-hydrogen) atoms. The number of amides is 2. The maximum atomic E-state index is 13.9. The van der Waals surface area contributed by atoms with Crippen molar-refractivity contribution in [3.63, 3.8) is 0 Å². The smallest absolute Gasteiger partial charge is 0.227 e. The van der Waals surface area contributed by atoms with Gasteiger partial charge in [-0.1, -0.05) is 49.4 Å². The SMILES string of the molecule is C[C@@H](CNC(=O)[C@H]1CC(=O)N(c2ccccc2F)C1)c1ccccc1. The summed E-state index contributed by atoms with van der Waals surface area (Å²) in [5.41, 5.74) is 1.39. The van der Waals surface area contributed by atoms with Gasteiger partial charge in [-0.3, -0.25) is 9.59 Å². The van der Waals surface area contributed by atoms with Crippen molar-refractivity contribution in [2.45, 2.75) is 19.3 Å². The van der Waals surface area contributed by atoms with Crippen LogP contribution in [0.5, 0.6) is 0 Å². The number of carbonyl (C=O) groups excluding carboxylic acids is 2. The van der Waals surface area contributed by atoms with E-state index in [0.29, 0.717) is 6.54 Å².